The van der Waals surface area contributed by atoms with E-state index in [4.69, 9.17) is 9.84 Å². The number of nitrogens with one attached hydrogen (secondary N) is 2. The van der Waals surface area contributed by atoms with E-state index < -0.39 is 11.9 Å². The summed E-state index contributed by atoms with van der Waals surface area (Å²) in [6.07, 6.45) is 1.28. The van der Waals surface area contributed by atoms with Gasteiger partial charge in [-0.1, -0.05) is 12.1 Å². The lowest BCUT2D eigenvalue weighted by Crippen LogP contribution is -2.28. The summed E-state index contributed by atoms with van der Waals surface area (Å²) in [4.78, 5) is 23.1. The normalized spacial score (nSPS) is 11.8. The minimum absolute atomic E-state index is 0.0994. The number of carbonyl (C=O) groups is 2. The van der Waals surface area contributed by atoms with Gasteiger partial charge >= 0.3 is 5.97 Å². The highest BCUT2D eigenvalue weighted by Crippen LogP contribution is 2.17. The van der Waals surface area contributed by atoms with Crippen LogP contribution in [0.25, 0.3) is 0 Å². The van der Waals surface area contributed by atoms with Gasteiger partial charge in [0, 0.05) is 11.9 Å². The number of aromatic carboxylic acids is 1. The van der Waals surface area contributed by atoms with E-state index in [1.54, 1.807) is 31.4 Å². The molecular formula is C20H19N3O4. The smallest absolute Gasteiger partial charge is 0.335 e. The van der Waals surface area contributed by atoms with Gasteiger partial charge < -0.3 is 20.5 Å². The number of rotatable bonds is 7. The Kier molecular flexibility index (Phi) is 6.55. The minimum Gasteiger partial charge on any atom is -0.497 e. The van der Waals surface area contributed by atoms with E-state index in [1.807, 2.05) is 25.1 Å². The van der Waals surface area contributed by atoms with Crippen LogP contribution in [0.4, 0.5) is 5.69 Å². The van der Waals surface area contributed by atoms with E-state index >= 15 is 0 Å². The van der Waals surface area contributed by atoms with Crippen LogP contribution in [-0.4, -0.2) is 24.1 Å². The van der Waals surface area contributed by atoms with Crippen molar-refractivity contribution in [1.82, 2.24) is 5.32 Å². The fourth-order valence-corrected chi connectivity index (χ4v) is 2.26. The summed E-state index contributed by atoms with van der Waals surface area (Å²) in [7, 11) is 1.58. The number of nitriles is 1. The van der Waals surface area contributed by atoms with E-state index in [2.05, 4.69) is 10.6 Å². The molecule has 0 radical (unpaired) electrons. The van der Waals surface area contributed by atoms with Gasteiger partial charge in [0.1, 0.15) is 17.4 Å². The second kappa shape index (κ2) is 9.06. The summed E-state index contributed by atoms with van der Waals surface area (Å²) in [5.74, 6) is -0.829. The number of ether oxygens (including phenoxy) is 1. The molecule has 1 atom stereocenters. The highest BCUT2D eigenvalue weighted by Gasteiger charge is 2.14. The molecule has 2 aromatic rings. The maximum atomic E-state index is 12.3. The Hall–Kier alpha value is -3.79. The first kappa shape index (κ1) is 19.5. The molecule has 0 saturated carbocycles. The first-order valence-corrected chi connectivity index (χ1v) is 8.09. The molecule has 0 saturated heterocycles. The van der Waals surface area contributed by atoms with Crippen molar-refractivity contribution in [2.45, 2.75) is 13.0 Å². The predicted octanol–water partition coefficient (Wildman–Crippen LogP) is 3.09. The zero-order chi connectivity index (χ0) is 19.8. The Bertz CT molecular complexity index is 881. The zero-order valence-electron chi connectivity index (χ0n) is 14.9. The SMILES string of the molecule is COc1ccc(C(C)NC(=O)/C(C#N)=C\Nc2ccc(C(=O)O)cc2)cc1. The van der Waals surface area contributed by atoms with Gasteiger partial charge in [-0.3, -0.25) is 4.79 Å². The number of methoxy groups -OCH3 is 1. The van der Waals surface area contributed by atoms with Crippen molar-refractivity contribution < 1.29 is 19.4 Å². The van der Waals surface area contributed by atoms with E-state index in [-0.39, 0.29) is 17.2 Å². The topological polar surface area (TPSA) is 111 Å². The number of hydrogen-bond acceptors (Lipinski definition) is 5. The number of anilines is 1. The number of carboxylic acids is 1. The molecule has 1 unspecified atom stereocenters. The monoisotopic (exact) mass is 365 g/mol. The Morgan fingerprint density at radius 2 is 1.78 bits per heavy atom. The zero-order valence-corrected chi connectivity index (χ0v) is 14.9. The molecule has 0 aliphatic carbocycles. The molecule has 0 spiro atoms. The third kappa shape index (κ3) is 5.34. The Labute approximate surface area is 156 Å². The van der Waals surface area contributed by atoms with Crippen molar-refractivity contribution in [1.29, 1.82) is 5.26 Å². The van der Waals surface area contributed by atoms with Gasteiger partial charge in [0.05, 0.1) is 18.7 Å². The van der Waals surface area contributed by atoms with Crippen molar-refractivity contribution in [2.24, 2.45) is 0 Å². The molecule has 3 N–H and O–H groups in total. The molecule has 0 aliphatic heterocycles. The highest BCUT2D eigenvalue weighted by molar-refractivity contribution is 5.97. The Balaban J connectivity index is 2.02. The third-order valence-corrected chi connectivity index (χ3v) is 3.84. The maximum Gasteiger partial charge on any atom is 0.335 e. The van der Waals surface area contributed by atoms with E-state index in [0.29, 0.717) is 11.4 Å². The van der Waals surface area contributed by atoms with E-state index in [9.17, 15) is 14.9 Å². The number of carbonyl (C=O) groups excluding carboxylic acids is 1. The standard InChI is InChI=1S/C20H19N3O4/c1-13(14-5-9-18(27-2)10-6-14)23-19(24)16(11-21)12-22-17-7-3-15(4-8-17)20(25)26/h3-10,12-13,22H,1-2H3,(H,23,24)(H,25,26)/b16-12-. The summed E-state index contributed by atoms with van der Waals surface area (Å²) in [6, 6.07) is 14.8. The van der Waals surface area contributed by atoms with Crippen LogP contribution in [-0.2, 0) is 4.79 Å². The van der Waals surface area contributed by atoms with Crippen LogP contribution >= 0.6 is 0 Å². The summed E-state index contributed by atoms with van der Waals surface area (Å²) < 4.78 is 5.10. The van der Waals surface area contributed by atoms with Crippen LogP contribution in [0.1, 0.15) is 28.9 Å². The lowest BCUT2D eigenvalue weighted by atomic mass is 10.1. The van der Waals surface area contributed by atoms with Crippen molar-refractivity contribution in [3.8, 4) is 11.8 Å². The second-order valence-corrected chi connectivity index (χ2v) is 5.66. The lowest BCUT2D eigenvalue weighted by molar-refractivity contribution is -0.117. The first-order chi connectivity index (χ1) is 12.9. The molecule has 0 aromatic heterocycles. The largest absolute Gasteiger partial charge is 0.497 e. The van der Waals surface area contributed by atoms with Gasteiger partial charge in [-0.25, -0.2) is 4.79 Å². The van der Waals surface area contributed by atoms with Crippen LogP contribution in [0, 0.1) is 11.3 Å². The van der Waals surface area contributed by atoms with Crippen LogP contribution in [0.3, 0.4) is 0 Å². The molecule has 2 aromatic carbocycles. The molecule has 0 bridgehead atoms. The quantitative estimate of drug-likeness (QED) is 0.513. The minimum atomic E-state index is -1.03. The number of amides is 1. The maximum absolute atomic E-state index is 12.3. The summed E-state index contributed by atoms with van der Waals surface area (Å²) in [5.41, 5.74) is 1.48. The van der Waals surface area contributed by atoms with Gasteiger partial charge in [-0.05, 0) is 48.9 Å². The van der Waals surface area contributed by atoms with Gasteiger partial charge in [-0.15, -0.1) is 0 Å². The fourth-order valence-electron chi connectivity index (χ4n) is 2.26. The number of carboxylic acid groups (broad SMARTS) is 1. The number of benzene rings is 2. The summed E-state index contributed by atoms with van der Waals surface area (Å²) in [5, 5.41) is 23.7. The molecule has 138 valence electrons. The van der Waals surface area contributed by atoms with E-state index in [1.165, 1.54) is 18.3 Å². The summed E-state index contributed by atoms with van der Waals surface area (Å²) in [6.45, 7) is 1.81. The van der Waals surface area contributed by atoms with Crippen LogP contribution < -0.4 is 15.4 Å². The molecule has 1 amide bonds. The van der Waals surface area contributed by atoms with Crippen molar-refractivity contribution in [3.63, 3.8) is 0 Å². The average molecular weight is 365 g/mol. The van der Waals surface area contributed by atoms with Gasteiger partial charge in [0.15, 0.2) is 0 Å². The molecule has 2 rings (SSSR count). The molecule has 0 heterocycles. The average Bonchev–Trinajstić information content (AvgIpc) is 2.68. The molecule has 7 heteroatoms. The fraction of sp³-hybridized carbons (Fsp3) is 0.150. The van der Waals surface area contributed by atoms with E-state index in [0.717, 1.165) is 5.56 Å². The second-order valence-electron chi connectivity index (χ2n) is 5.66. The van der Waals surface area contributed by atoms with Gasteiger partial charge in [0.2, 0.25) is 0 Å². The van der Waals surface area contributed by atoms with Crippen LogP contribution in [0.5, 0.6) is 5.75 Å². The summed E-state index contributed by atoms with van der Waals surface area (Å²) >= 11 is 0. The van der Waals surface area contributed by atoms with Crippen molar-refractivity contribution in [3.05, 3.63) is 71.4 Å². The molecule has 0 aliphatic rings. The Morgan fingerprint density at radius 1 is 1.15 bits per heavy atom. The molecule has 0 fully saturated rings. The van der Waals surface area contributed by atoms with Crippen LogP contribution in [0.15, 0.2) is 60.3 Å². The van der Waals surface area contributed by atoms with Crippen LogP contribution in [0.2, 0.25) is 0 Å². The lowest BCUT2D eigenvalue weighted by Gasteiger charge is -2.14. The Morgan fingerprint density at radius 3 is 2.30 bits per heavy atom. The highest BCUT2D eigenvalue weighted by atomic mass is 16.5. The number of hydrogen-bond donors (Lipinski definition) is 3. The van der Waals surface area contributed by atoms with Crippen molar-refractivity contribution >= 4 is 17.6 Å². The predicted molar refractivity (Wildman–Crippen MR) is 100 cm³/mol. The first-order valence-electron chi connectivity index (χ1n) is 8.09. The third-order valence-electron chi connectivity index (χ3n) is 3.84. The number of nitrogens with zero attached hydrogens (tertiary/aromatic N) is 1. The molecular weight excluding hydrogens is 346 g/mol. The molecule has 27 heavy (non-hydrogen) atoms. The van der Waals surface area contributed by atoms with Gasteiger partial charge in [0.25, 0.3) is 5.91 Å². The van der Waals surface area contributed by atoms with Crippen molar-refractivity contribution in [2.75, 3.05) is 12.4 Å². The van der Waals surface area contributed by atoms with Gasteiger partial charge in [-0.2, -0.15) is 5.26 Å². The molecule has 7 nitrogen and oxygen atoms in total.